The summed E-state index contributed by atoms with van der Waals surface area (Å²) in [5.41, 5.74) is -0.0744. The van der Waals surface area contributed by atoms with E-state index in [9.17, 15) is 9.90 Å². The maximum Gasteiger partial charge on any atom is 0.344 e. The Labute approximate surface area is 145 Å². The summed E-state index contributed by atoms with van der Waals surface area (Å²) in [6, 6.07) is 5.50. The fourth-order valence-electron chi connectivity index (χ4n) is 4.20. The molecule has 0 unspecified atom stereocenters. The standard InChI is InChI=1S/C20H22O5/c1-6-19(5)10-20(17(22)18(3,4)25-20)24-15-13-11(2)8-7-9-12(13)23-16(21)14(15)19/h6-9,17,22H,1,10H2,2-5H3/t17-,19+,20+/m1/s1. The average molecular weight is 342 g/mol. The van der Waals surface area contributed by atoms with Gasteiger partial charge in [-0.05, 0) is 32.4 Å². The Morgan fingerprint density at radius 1 is 1.32 bits per heavy atom. The molecule has 0 radical (unpaired) electrons. The van der Waals surface area contributed by atoms with Crippen LogP contribution in [0.3, 0.4) is 0 Å². The average Bonchev–Trinajstić information content (AvgIpc) is 2.53. The number of hydrogen-bond acceptors (Lipinski definition) is 5. The summed E-state index contributed by atoms with van der Waals surface area (Å²) in [6.45, 7) is 11.4. The number of ether oxygens (including phenoxy) is 2. The summed E-state index contributed by atoms with van der Waals surface area (Å²) in [5, 5.41) is 11.5. The van der Waals surface area contributed by atoms with Gasteiger partial charge in [0.1, 0.15) is 17.4 Å². The first-order chi connectivity index (χ1) is 11.6. The number of aliphatic hydroxyl groups excluding tert-OH is 1. The summed E-state index contributed by atoms with van der Waals surface area (Å²) in [5.74, 6) is -0.768. The lowest BCUT2D eigenvalue weighted by Gasteiger charge is -2.60. The van der Waals surface area contributed by atoms with E-state index in [4.69, 9.17) is 13.9 Å². The second kappa shape index (κ2) is 4.74. The minimum absolute atomic E-state index is 0.295. The van der Waals surface area contributed by atoms with E-state index in [-0.39, 0.29) is 0 Å². The number of fused-ring (bicyclic) bond motifs is 3. The molecule has 25 heavy (non-hydrogen) atoms. The SMILES string of the molecule is C=C[C@@]1(C)C[C@]2(Oc3c1c(=O)oc1cccc(C)c31)OC(C)(C)[C@H]2O. The van der Waals surface area contributed by atoms with Gasteiger partial charge in [-0.15, -0.1) is 6.58 Å². The Morgan fingerprint density at radius 2 is 2.04 bits per heavy atom. The van der Waals surface area contributed by atoms with Gasteiger partial charge in [-0.1, -0.05) is 25.1 Å². The van der Waals surface area contributed by atoms with Gasteiger partial charge in [0, 0.05) is 11.8 Å². The Morgan fingerprint density at radius 3 is 2.64 bits per heavy atom. The van der Waals surface area contributed by atoms with Crippen molar-refractivity contribution in [1.82, 2.24) is 0 Å². The van der Waals surface area contributed by atoms with Gasteiger partial charge < -0.3 is 19.0 Å². The molecule has 1 spiro atoms. The van der Waals surface area contributed by atoms with Crippen molar-refractivity contribution in [2.75, 3.05) is 0 Å². The van der Waals surface area contributed by atoms with Gasteiger partial charge in [-0.25, -0.2) is 4.79 Å². The van der Waals surface area contributed by atoms with Crippen molar-refractivity contribution in [3.8, 4) is 5.75 Å². The molecule has 4 rings (SSSR count). The number of rotatable bonds is 1. The van der Waals surface area contributed by atoms with Crippen LogP contribution in [0.15, 0.2) is 40.1 Å². The molecule has 5 nitrogen and oxygen atoms in total. The third kappa shape index (κ3) is 1.99. The van der Waals surface area contributed by atoms with Crippen LogP contribution >= 0.6 is 0 Å². The number of aryl methyl sites for hydroxylation is 1. The molecule has 1 saturated heterocycles. The van der Waals surface area contributed by atoms with Crippen molar-refractivity contribution in [3.05, 3.63) is 52.4 Å². The third-order valence-corrected chi connectivity index (χ3v) is 5.52. The zero-order valence-corrected chi connectivity index (χ0v) is 14.9. The van der Waals surface area contributed by atoms with Crippen LogP contribution in [0.4, 0.5) is 0 Å². The van der Waals surface area contributed by atoms with Crippen molar-refractivity contribution in [2.24, 2.45) is 0 Å². The molecule has 0 bridgehead atoms. The molecule has 2 aliphatic rings. The fraction of sp³-hybridized carbons (Fsp3) is 0.450. The number of allylic oxidation sites excluding steroid dienone is 1. The topological polar surface area (TPSA) is 68.9 Å². The summed E-state index contributed by atoms with van der Waals surface area (Å²) < 4.78 is 17.7. The molecule has 2 aliphatic heterocycles. The predicted molar refractivity (Wildman–Crippen MR) is 93.9 cm³/mol. The summed E-state index contributed by atoms with van der Waals surface area (Å²) in [6.07, 6.45) is 1.18. The van der Waals surface area contributed by atoms with Gasteiger partial charge in [0.05, 0.1) is 16.6 Å². The van der Waals surface area contributed by atoms with Gasteiger partial charge in [0.25, 0.3) is 0 Å². The molecule has 3 heterocycles. The van der Waals surface area contributed by atoms with Crippen molar-refractivity contribution < 1.29 is 19.0 Å². The number of aliphatic hydroxyl groups is 1. The van der Waals surface area contributed by atoms with Crippen molar-refractivity contribution in [1.29, 1.82) is 0 Å². The van der Waals surface area contributed by atoms with E-state index < -0.39 is 28.5 Å². The Balaban J connectivity index is 2.04. The molecule has 1 N–H and O–H groups in total. The maximum absolute atomic E-state index is 12.7. The largest absolute Gasteiger partial charge is 0.458 e. The van der Waals surface area contributed by atoms with E-state index in [0.717, 1.165) is 10.9 Å². The molecule has 1 aromatic carbocycles. The molecular formula is C20H22O5. The Bertz CT molecular complexity index is 956. The quantitative estimate of drug-likeness (QED) is 0.637. The highest BCUT2D eigenvalue weighted by atomic mass is 16.8. The monoisotopic (exact) mass is 342 g/mol. The van der Waals surface area contributed by atoms with Crippen LogP contribution in [-0.2, 0) is 10.2 Å². The normalized spacial score (nSPS) is 32.8. The van der Waals surface area contributed by atoms with E-state index in [1.165, 1.54) is 0 Å². The van der Waals surface area contributed by atoms with Crippen molar-refractivity contribution >= 4 is 11.0 Å². The second-order valence-corrected chi connectivity index (χ2v) is 7.86. The van der Waals surface area contributed by atoms with Crippen LogP contribution in [0, 0.1) is 6.92 Å². The van der Waals surface area contributed by atoms with E-state index in [2.05, 4.69) is 6.58 Å². The van der Waals surface area contributed by atoms with E-state index in [1.807, 2.05) is 39.8 Å². The van der Waals surface area contributed by atoms with Crippen LogP contribution in [-0.4, -0.2) is 22.6 Å². The van der Waals surface area contributed by atoms with Crippen LogP contribution in [0.1, 0.15) is 38.3 Å². The smallest absolute Gasteiger partial charge is 0.344 e. The third-order valence-electron chi connectivity index (χ3n) is 5.52. The molecule has 132 valence electrons. The molecule has 2 aromatic rings. The molecule has 0 saturated carbocycles. The van der Waals surface area contributed by atoms with Crippen molar-refractivity contribution in [2.45, 2.75) is 57.0 Å². The highest BCUT2D eigenvalue weighted by Gasteiger charge is 2.66. The lowest BCUT2D eigenvalue weighted by Crippen LogP contribution is -2.75. The highest BCUT2D eigenvalue weighted by Crippen LogP contribution is 2.55. The first kappa shape index (κ1) is 16.4. The number of hydrogen-bond donors (Lipinski definition) is 1. The zero-order valence-electron chi connectivity index (χ0n) is 14.9. The lowest BCUT2D eigenvalue weighted by atomic mass is 9.69. The van der Waals surface area contributed by atoms with E-state index in [1.54, 1.807) is 12.1 Å². The minimum Gasteiger partial charge on any atom is -0.458 e. The van der Waals surface area contributed by atoms with Crippen LogP contribution in [0.2, 0.25) is 0 Å². The summed E-state index contributed by atoms with van der Waals surface area (Å²) in [4.78, 5) is 12.7. The highest BCUT2D eigenvalue weighted by molar-refractivity contribution is 5.88. The lowest BCUT2D eigenvalue weighted by molar-refractivity contribution is -0.413. The maximum atomic E-state index is 12.7. The van der Waals surface area contributed by atoms with Gasteiger partial charge in [0.2, 0.25) is 5.79 Å². The van der Waals surface area contributed by atoms with Gasteiger partial charge in [0.15, 0.2) is 0 Å². The predicted octanol–water partition coefficient (Wildman–Crippen LogP) is 3.19. The van der Waals surface area contributed by atoms with Crippen LogP contribution in [0.25, 0.3) is 11.0 Å². The zero-order chi connectivity index (χ0) is 18.2. The number of benzene rings is 1. The molecule has 5 heteroatoms. The first-order valence-corrected chi connectivity index (χ1v) is 8.41. The Hall–Kier alpha value is -2.11. The fourth-order valence-corrected chi connectivity index (χ4v) is 4.20. The summed E-state index contributed by atoms with van der Waals surface area (Å²) in [7, 11) is 0. The molecular weight excluding hydrogens is 320 g/mol. The van der Waals surface area contributed by atoms with Gasteiger partial charge in [-0.2, -0.15) is 0 Å². The second-order valence-electron chi connectivity index (χ2n) is 7.86. The van der Waals surface area contributed by atoms with Crippen molar-refractivity contribution in [3.63, 3.8) is 0 Å². The van der Waals surface area contributed by atoms with Gasteiger partial charge >= 0.3 is 5.63 Å². The molecule has 1 aromatic heterocycles. The first-order valence-electron chi connectivity index (χ1n) is 8.41. The minimum atomic E-state index is -1.19. The summed E-state index contributed by atoms with van der Waals surface area (Å²) >= 11 is 0. The molecule has 0 amide bonds. The van der Waals surface area contributed by atoms with Crippen LogP contribution in [0.5, 0.6) is 5.75 Å². The molecule has 0 aliphatic carbocycles. The van der Waals surface area contributed by atoms with E-state index >= 15 is 0 Å². The van der Waals surface area contributed by atoms with Gasteiger partial charge in [-0.3, -0.25) is 0 Å². The molecule has 3 atom stereocenters. The Kier molecular flexibility index (Phi) is 3.10. The van der Waals surface area contributed by atoms with E-state index in [0.29, 0.717) is 23.3 Å². The molecule has 1 fully saturated rings. The van der Waals surface area contributed by atoms with Crippen LogP contribution < -0.4 is 10.4 Å².